The van der Waals surface area contributed by atoms with E-state index in [1.165, 1.54) is 12.1 Å². The number of aryl methyl sites for hydroxylation is 1. The molecule has 1 N–H and O–H groups in total. The molecule has 3 heterocycles. The first-order valence-electron chi connectivity index (χ1n) is 20.5. The van der Waals surface area contributed by atoms with E-state index in [2.05, 4.69) is 23.8 Å². The van der Waals surface area contributed by atoms with Crippen LogP contribution in [0.1, 0.15) is 82.3 Å². The first kappa shape index (κ1) is 38.9. The number of ketones is 1. The number of Topliss-reactive ketones (excluding diaryl/α,β-unsaturated/α-hetero) is 1. The number of sulfonamides is 1. The number of hydrogen-bond acceptors (Lipinski definition) is 7. The maximum atomic E-state index is 14.8. The average Bonchev–Trinajstić information content (AvgIpc) is 4.13. The van der Waals surface area contributed by atoms with Gasteiger partial charge in [0.15, 0.2) is 5.78 Å². The molecule has 2 aliphatic heterocycles. The maximum Gasteiger partial charge on any atom is 0.240 e. The topological polar surface area (TPSA) is 123 Å². The van der Waals surface area contributed by atoms with Crippen LogP contribution in [0.3, 0.4) is 0 Å². The Labute approximate surface area is 334 Å². The molecule has 3 fully saturated rings. The standard InChI is InChI=1S/C46H50FN3O6S/c1-2-30-18-21-38-40(24-30)48-39(32-13-8-6-9-14-32)26-43(38)56-36-25-41-42(51)28-46(45(53)49-57(54,55)37-19-20-37)27-34(46)16-10-5-3-4-7-15-33(44(52)50(41)29-36)22-31-12-11-17-35(47)23-31/h6,8-14,16-18,21,23-24,26,33-34,36-37,41H,2-5,7,15,19-20,22,25,27-29H2,1H3,(H,49,53)/b16-10-/t33-,34-,36-,41+,46-/m1/s1. The highest BCUT2D eigenvalue weighted by atomic mass is 32.2. The van der Waals surface area contributed by atoms with Crippen LogP contribution in [0.25, 0.3) is 22.2 Å². The molecule has 4 aliphatic rings. The van der Waals surface area contributed by atoms with Gasteiger partial charge in [-0.25, -0.2) is 17.8 Å². The van der Waals surface area contributed by atoms with Gasteiger partial charge in [-0.3, -0.25) is 19.1 Å². The largest absolute Gasteiger partial charge is 0.488 e. The molecule has 0 spiro atoms. The molecule has 1 saturated heterocycles. The van der Waals surface area contributed by atoms with Crippen LogP contribution in [0.5, 0.6) is 5.75 Å². The van der Waals surface area contributed by atoms with Crippen molar-refractivity contribution >= 4 is 38.5 Å². The molecular formula is C46H50FN3O6S. The molecule has 5 atom stereocenters. The number of benzene rings is 3. The van der Waals surface area contributed by atoms with Crippen LogP contribution in [-0.4, -0.2) is 59.8 Å². The molecule has 4 aromatic rings. The van der Waals surface area contributed by atoms with Crippen molar-refractivity contribution in [1.82, 2.24) is 14.6 Å². The fourth-order valence-electron chi connectivity index (χ4n) is 8.77. The summed E-state index contributed by atoms with van der Waals surface area (Å²) in [6, 6.07) is 23.3. The molecule has 0 bridgehead atoms. The maximum absolute atomic E-state index is 14.8. The SMILES string of the molecule is CCc1ccc2c(O[C@@H]3C[C@H]4C(=O)C[C@]5(C(=O)NS(=O)(=O)C6CC6)C[C@H]5/C=C\CCCCC[C@H](Cc5cccc(F)c5)C(=O)N4C3)cc(-c3ccccc3)nc2c1. The Hall–Kier alpha value is -4.90. The number of hydrogen-bond donors (Lipinski definition) is 1. The highest BCUT2D eigenvalue weighted by molar-refractivity contribution is 7.90. The van der Waals surface area contributed by atoms with E-state index in [4.69, 9.17) is 9.72 Å². The summed E-state index contributed by atoms with van der Waals surface area (Å²) in [5, 5.41) is 0.234. The molecule has 0 unspecified atom stereocenters. The van der Waals surface area contributed by atoms with Gasteiger partial charge >= 0.3 is 0 Å². The average molecular weight is 792 g/mol. The molecule has 11 heteroatoms. The number of aromatic nitrogens is 1. The number of allylic oxidation sites excluding steroid dienone is 2. The van der Waals surface area contributed by atoms with E-state index in [0.717, 1.165) is 59.8 Å². The van der Waals surface area contributed by atoms with E-state index in [9.17, 15) is 27.2 Å². The first-order chi connectivity index (χ1) is 27.5. The molecule has 2 aliphatic carbocycles. The van der Waals surface area contributed by atoms with Gasteiger partial charge in [-0.05, 0) is 92.7 Å². The molecule has 3 aromatic carbocycles. The van der Waals surface area contributed by atoms with Crippen molar-refractivity contribution in [2.75, 3.05) is 6.54 Å². The van der Waals surface area contributed by atoms with Gasteiger partial charge in [0.2, 0.25) is 21.8 Å². The summed E-state index contributed by atoms with van der Waals surface area (Å²) in [4.78, 5) is 50.1. The highest BCUT2D eigenvalue weighted by Crippen LogP contribution is 2.57. The second-order valence-electron chi connectivity index (χ2n) is 16.4. The van der Waals surface area contributed by atoms with Crippen LogP contribution in [0.2, 0.25) is 0 Å². The van der Waals surface area contributed by atoms with Crippen molar-refractivity contribution in [2.24, 2.45) is 17.3 Å². The van der Waals surface area contributed by atoms with Crippen LogP contribution >= 0.6 is 0 Å². The molecular weight excluding hydrogens is 742 g/mol. The fraction of sp³-hybridized carbons (Fsp3) is 0.435. The lowest BCUT2D eigenvalue weighted by atomic mass is 9.90. The quantitative estimate of drug-likeness (QED) is 0.171. The van der Waals surface area contributed by atoms with E-state index in [1.54, 1.807) is 11.0 Å². The number of nitrogens with zero attached hydrogens (tertiary/aromatic N) is 2. The number of pyridine rings is 1. The smallest absolute Gasteiger partial charge is 0.240 e. The summed E-state index contributed by atoms with van der Waals surface area (Å²) >= 11 is 0. The predicted octanol–water partition coefficient (Wildman–Crippen LogP) is 7.90. The summed E-state index contributed by atoms with van der Waals surface area (Å²) in [5.41, 5.74) is 3.07. The first-order valence-corrected chi connectivity index (χ1v) is 22.0. The summed E-state index contributed by atoms with van der Waals surface area (Å²) < 4.78 is 49.4. The van der Waals surface area contributed by atoms with Crippen molar-refractivity contribution in [3.63, 3.8) is 0 Å². The minimum Gasteiger partial charge on any atom is -0.488 e. The van der Waals surface area contributed by atoms with Gasteiger partial charge < -0.3 is 9.64 Å². The number of carbonyl (C=O) groups excluding carboxylic acids is 3. The van der Waals surface area contributed by atoms with Crippen LogP contribution in [-0.2, 0) is 37.2 Å². The lowest BCUT2D eigenvalue weighted by molar-refractivity contribution is -0.142. The minimum atomic E-state index is -3.84. The van der Waals surface area contributed by atoms with Crippen LogP contribution < -0.4 is 9.46 Å². The molecule has 298 valence electrons. The fourth-order valence-corrected chi connectivity index (χ4v) is 10.2. The zero-order chi connectivity index (χ0) is 39.7. The summed E-state index contributed by atoms with van der Waals surface area (Å²) in [7, 11) is -3.84. The number of fused-ring (bicyclic) bond motifs is 3. The Kier molecular flexibility index (Phi) is 11.0. The molecule has 0 radical (unpaired) electrons. The van der Waals surface area contributed by atoms with Crippen LogP contribution in [0, 0.1) is 23.1 Å². The van der Waals surface area contributed by atoms with E-state index in [-0.39, 0.29) is 42.8 Å². The molecule has 1 aromatic heterocycles. The third-order valence-corrected chi connectivity index (χ3v) is 14.1. The summed E-state index contributed by atoms with van der Waals surface area (Å²) in [6.45, 7) is 2.24. The molecule has 2 amide bonds. The molecule has 8 rings (SSSR count). The van der Waals surface area contributed by atoms with Gasteiger partial charge in [0.1, 0.15) is 17.7 Å². The number of amides is 2. The van der Waals surface area contributed by atoms with Gasteiger partial charge in [0.25, 0.3) is 0 Å². The second kappa shape index (κ2) is 16.2. The Morgan fingerprint density at radius 3 is 2.56 bits per heavy atom. The van der Waals surface area contributed by atoms with Gasteiger partial charge in [0, 0.05) is 35.8 Å². The van der Waals surface area contributed by atoms with Gasteiger partial charge in [0.05, 0.1) is 34.5 Å². The predicted molar refractivity (Wildman–Crippen MR) is 217 cm³/mol. The number of carbonyl (C=O) groups is 3. The van der Waals surface area contributed by atoms with Crippen molar-refractivity contribution in [1.29, 1.82) is 0 Å². The molecule has 9 nitrogen and oxygen atoms in total. The van der Waals surface area contributed by atoms with Gasteiger partial charge in [-0.15, -0.1) is 0 Å². The highest BCUT2D eigenvalue weighted by Gasteiger charge is 2.61. The molecule has 57 heavy (non-hydrogen) atoms. The normalized spacial score (nSPS) is 26.2. The Morgan fingerprint density at radius 1 is 0.965 bits per heavy atom. The summed E-state index contributed by atoms with van der Waals surface area (Å²) in [5.74, 6) is -1.70. The number of ether oxygens (including phenoxy) is 1. The van der Waals surface area contributed by atoms with E-state index in [1.807, 2.05) is 60.7 Å². The van der Waals surface area contributed by atoms with Gasteiger partial charge in [-0.1, -0.05) is 80.4 Å². The minimum absolute atomic E-state index is 0.144. The zero-order valence-electron chi connectivity index (χ0n) is 32.4. The van der Waals surface area contributed by atoms with Gasteiger partial charge in [-0.2, -0.15) is 0 Å². The van der Waals surface area contributed by atoms with E-state index >= 15 is 0 Å². The van der Waals surface area contributed by atoms with Crippen molar-refractivity contribution < 1.29 is 31.9 Å². The van der Waals surface area contributed by atoms with Crippen molar-refractivity contribution in [2.45, 2.75) is 101 Å². The van der Waals surface area contributed by atoms with E-state index in [0.29, 0.717) is 43.4 Å². The summed E-state index contributed by atoms with van der Waals surface area (Å²) in [6.07, 6.45) is 9.87. The Morgan fingerprint density at radius 2 is 1.79 bits per heavy atom. The third-order valence-electron chi connectivity index (χ3n) is 12.3. The Bertz CT molecular complexity index is 2310. The number of nitrogens with one attached hydrogen (secondary N) is 1. The zero-order valence-corrected chi connectivity index (χ0v) is 33.2. The number of halogens is 1. The van der Waals surface area contributed by atoms with E-state index < -0.39 is 44.7 Å². The van der Waals surface area contributed by atoms with Crippen LogP contribution in [0.4, 0.5) is 4.39 Å². The third kappa shape index (κ3) is 8.54. The monoisotopic (exact) mass is 791 g/mol. The van der Waals surface area contributed by atoms with Crippen LogP contribution in [0.15, 0.2) is 91.0 Å². The molecule has 2 saturated carbocycles. The Balaban J connectivity index is 1.14. The lowest BCUT2D eigenvalue weighted by Crippen LogP contribution is -2.46. The van der Waals surface area contributed by atoms with Crippen molar-refractivity contribution in [3.8, 4) is 17.0 Å². The lowest BCUT2D eigenvalue weighted by Gasteiger charge is -2.29. The number of rotatable bonds is 9. The second-order valence-corrected chi connectivity index (χ2v) is 18.4. The van der Waals surface area contributed by atoms with Crippen molar-refractivity contribution in [3.05, 3.63) is 108 Å².